The fourth-order valence-corrected chi connectivity index (χ4v) is 0.416. The minimum absolute atomic E-state index is 0. The Morgan fingerprint density at radius 2 is 2.38 bits per heavy atom. The quantitative estimate of drug-likeness (QED) is 0.350. The van der Waals surface area contributed by atoms with Crippen molar-refractivity contribution in [3.63, 3.8) is 0 Å². The van der Waals surface area contributed by atoms with E-state index >= 15 is 0 Å². The molecule has 0 aromatic rings. The first-order chi connectivity index (χ1) is 3.29. The van der Waals surface area contributed by atoms with E-state index in [0.717, 1.165) is 5.70 Å². The summed E-state index contributed by atoms with van der Waals surface area (Å²) in [4.78, 5) is 4.60. The first-order valence-electron chi connectivity index (χ1n) is 2.04. The molecular weight excluding hydrogens is 97.0 g/mol. The molecule has 0 spiro atoms. The summed E-state index contributed by atoms with van der Waals surface area (Å²) in [6, 6.07) is 0. The van der Waals surface area contributed by atoms with E-state index in [-0.39, 0.29) is 18.9 Å². The molecule has 0 aromatic heterocycles. The van der Waals surface area contributed by atoms with Crippen LogP contribution in [0.25, 0.3) is 5.48 Å². The van der Waals surface area contributed by atoms with Crippen molar-refractivity contribution in [3.8, 4) is 0 Å². The summed E-state index contributed by atoms with van der Waals surface area (Å²) < 4.78 is 0. The molecule has 0 bridgehead atoms. The zero-order valence-electron chi connectivity index (χ0n) is 5.14. The van der Waals surface area contributed by atoms with E-state index in [1.165, 1.54) is 0 Å². The van der Waals surface area contributed by atoms with Gasteiger partial charge in [-0.15, -0.1) is 5.70 Å². The average molecular weight is 103 g/mol. The number of rotatable bonds is 0. The van der Waals surface area contributed by atoms with E-state index in [0.29, 0.717) is 5.76 Å². The van der Waals surface area contributed by atoms with Gasteiger partial charge in [-0.1, -0.05) is 13.5 Å². The molecule has 1 aliphatic heterocycles. The third-order valence-corrected chi connectivity index (χ3v) is 0.677. The Labute approximate surface area is 60.7 Å². The van der Waals surface area contributed by atoms with Crippen LogP contribution in [0.2, 0.25) is 0 Å². The van der Waals surface area contributed by atoms with Gasteiger partial charge in [-0.3, -0.25) is 0 Å². The Bertz CT molecular complexity index is 130. The standard InChI is InChI=1S/C5H6NO.Li/c1-4-3-5(2)7-6-4;/h3H,2H2,1H3;/q-1;+1. The second-order valence-electron chi connectivity index (χ2n) is 1.43. The molecule has 2 nitrogen and oxygen atoms in total. The number of hydrogen-bond donors (Lipinski definition) is 0. The molecule has 0 unspecified atom stereocenters. The van der Waals surface area contributed by atoms with Gasteiger partial charge in [0.2, 0.25) is 0 Å². The number of hydrogen-bond acceptors (Lipinski definition) is 1. The average Bonchev–Trinajstić information content (AvgIpc) is 1.87. The first-order valence-corrected chi connectivity index (χ1v) is 2.04. The topological polar surface area (TPSA) is 23.3 Å². The van der Waals surface area contributed by atoms with E-state index in [1.807, 2.05) is 6.92 Å². The number of allylic oxidation sites excluding steroid dienone is 2. The van der Waals surface area contributed by atoms with Gasteiger partial charge in [-0.25, -0.2) is 0 Å². The smallest absolute Gasteiger partial charge is 0.558 e. The second kappa shape index (κ2) is 2.86. The summed E-state index contributed by atoms with van der Waals surface area (Å²) in [5, 5.41) is 0. The number of nitrogens with zero attached hydrogens (tertiary/aromatic N) is 1. The van der Waals surface area contributed by atoms with Gasteiger partial charge in [-0.2, -0.15) is 0 Å². The molecule has 0 aliphatic carbocycles. The van der Waals surface area contributed by atoms with Crippen LogP contribution in [0, 0.1) is 0 Å². The van der Waals surface area contributed by atoms with Crippen LogP contribution in [-0.2, 0) is 4.84 Å². The van der Waals surface area contributed by atoms with Crippen LogP contribution in [0.4, 0.5) is 0 Å². The van der Waals surface area contributed by atoms with Gasteiger partial charge in [0.05, 0.1) is 5.76 Å². The van der Waals surface area contributed by atoms with Gasteiger partial charge in [0.1, 0.15) is 0 Å². The van der Waals surface area contributed by atoms with Crippen molar-refractivity contribution in [2.24, 2.45) is 0 Å². The molecule has 0 fully saturated rings. The SMILES string of the molecule is C=C1C=C(C)[N-]O1.[Li+]. The molecule has 1 rings (SSSR count). The Morgan fingerprint density at radius 1 is 1.75 bits per heavy atom. The maximum absolute atomic E-state index is 4.60. The molecule has 0 saturated heterocycles. The maximum atomic E-state index is 4.60. The van der Waals surface area contributed by atoms with E-state index in [2.05, 4.69) is 16.9 Å². The largest absolute Gasteiger partial charge is 1.00 e. The van der Waals surface area contributed by atoms with Crippen molar-refractivity contribution in [1.82, 2.24) is 0 Å². The minimum atomic E-state index is 0. The van der Waals surface area contributed by atoms with Crippen molar-refractivity contribution in [2.75, 3.05) is 0 Å². The van der Waals surface area contributed by atoms with Crippen LogP contribution in [0.15, 0.2) is 24.1 Å². The third kappa shape index (κ3) is 1.65. The molecule has 8 heavy (non-hydrogen) atoms. The van der Waals surface area contributed by atoms with E-state index in [9.17, 15) is 0 Å². The van der Waals surface area contributed by atoms with E-state index in [4.69, 9.17) is 0 Å². The molecule has 1 aliphatic rings. The summed E-state index contributed by atoms with van der Waals surface area (Å²) in [7, 11) is 0. The summed E-state index contributed by atoms with van der Waals surface area (Å²) >= 11 is 0. The van der Waals surface area contributed by atoms with Gasteiger partial charge < -0.3 is 10.3 Å². The zero-order valence-corrected chi connectivity index (χ0v) is 5.14. The summed E-state index contributed by atoms with van der Waals surface area (Å²) in [6.07, 6.45) is 1.78. The Hall–Kier alpha value is -0.323. The number of hydroxylamine groups is 1. The molecule has 3 heteroatoms. The Balaban J connectivity index is 0.000000490. The Kier molecular flexibility index (Phi) is 2.74. The fourth-order valence-electron chi connectivity index (χ4n) is 0.416. The van der Waals surface area contributed by atoms with Crippen LogP contribution in [-0.4, -0.2) is 0 Å². The van der Waals surface area contributed by atoms with Crippen molar-refractivity contribution >= 4 is 0 Å². The monoisotopic (exact) mass is 103 g/mol. The predicted octanol–water partition coefficient (Wildman–Crippen LogP) is -1.27. The fraction of sp³-hybridized carbons (Fsp3) is 0.200. The van der Waals surface area contributed by atoms with Crippen LogP contribution in [0.5, 0.6) is 0 Å². The molecule has 0 saturated carbocycles. The Morgan fingerprint density at radius 3 is 2.50 bits per heavy atom. The van der Waals surface area contributed by atoms with E-state index in [1.54, 1.807) is 6.08 Å². The summed E-state index contributed by atoms with van der Waals surface area (Å²) in [6.45, 7) is 5.37. The molecule has 1 heterocycles. The molecule has 0 N–H and O–H groups in total. The molecule has 0 atom stereocenters. The third-order valence-electron chi connectivity index (χ3n) is 0.677. The van der Waals surface area contributed by atoms with Crippen LogP contribution in [0.3, 0.4) is 0 Å². The van der Waals surface area contributed by atoms with Crippen LogP contribution >= 0.6 is 0 Å². The first kappa shape index (κ1) is 7.68. The second-order valence-corrected chi connectivity index (χ2v) is 1.43. The zero-order chi connectivity index (χ0) is 5.28. The summed E-state index contributed by atoms with van der Waals surface area (Å²) in [5.74, 6) is 0.623. The predicted molar refractivity (Wildman–Crippen MR) is 27.3 cm³/mol. The maximum Gasteiger partial charge on any atom is 1.00 e. The van der Waals surface area contributed by atoms with Gasteiger partial charge >= 0.3 is 18.9 Å². The molecule has 0 aromatic carbocycles. The van der Waals surface area contributed by atoms with Crippen molar-refractivity contribution in [2.45, 2.75) is 6.92 Å². The van der Waals surface area contributed by atoms with Crippen molar-refractivity contribution < 1.29 is 23.7 Å². The van der Waals surface area contributed by atoms with Crippen LogP contribution in [0.1, 0.15) is 6.92 Å². The van der Waals surface area contributed by atoms with Crippen molar-refractivity contribution in [3.05, 3.63) is 29.6 Å². The molecule has 0 amide bonds. The van der Waals surface area contributed by atoms with Gasteiger partial charge in [0, 0.05) is 0 Å². The normalized spacial score (nSPS) is 15.6. The van der Waals surface area contributed by atoms with Gasteiger partial charge in [0.15, 0.2) is 0 Å². The van der Waals surface area contributed by atoms with Gasteiger partial charge in [-0.05, 0) is 6.08 Å². The summed E-state index contributed by atoms with van der Waals surface area (Å²) in [5.41, 5.74) is 4.46. The molecule has 38 valence electrons. The molecule has 0 radical (unpaired) electrons. The van der Waals surface area contributed by atoms with Gasteiger partial charge in [0.25, 0.3) is 0 Å². The van der Waals surface area contributed by atoms with Crippen molar-refractivity contribution in [1.29, 1.82) is 0 Å². The minimum Gasteiger partial charge on any atom is -0.558 e. The molecular formula is C5H6LiNO. The van der Waals surface area contributed by atoms with E-state index < -0.39 is 0 Å². The van der Waals surface area contributed by atoms with Crippen LogP contribution < -0.4 is 18.9 Å².